The fourth-order valence-electron chi connectivity index (χ4n) is 0.690. The highest BCUT2D eigenvalue weighted by Crippen LogP contribution is 2.17. The van der Waals surface area contributed by atoms with Crippen molar-refractivity contribution in [2.45, 2.75) is 4.90 Å². The van der Waals surface area contributed by atoms with Gasteiger partial charge in [0.25, 0.3) is 0 Å². The van der Waals surface area contributed by atoms with E-state index in [0.717, 1.165) is 0 Å². The molecule has 0 aliphatic heterocycles. The van der Waals surface area contributed by atoms with Crippen LogP contribution < -0.4 is 11.6 Å². The highest BCUT2D eigenvalue weighted by atomic mass is 32.3. The smallest absolute Gasteiger partial charge is 0.399 e. The Morgan fingerprint density at radius 2 is 1.75 bits per heavy atom. The van der Waals surface area contributed by atoms with Crippen molar-refractivity contribution in [3.63, 3.8) is 0 Å². The summed E-state index contributed by atoms with van der Waals surface area (Å²) in [6.07, 6.45) is 0. The second kappa shape index (κ2) is 3.20. The number of hydrogen-bond donors (Lipinski definition) is 2. The highest BCUT2D eigenvalue weighted by Gasteiger charge is 2.33. The van der Waals surface area contributed by atoms with Crippen molar-refractivity contribution >= 4 is 16.2 Å². The molecule has 0 aliphatic carbocycles. The van der Waals surface area contributed by atoms with E-state index < -0.39 is 10.5 Å². The first kappa shape index (κ1) is 9.14. The van der Waals surface area contributed by atoms with Gasteiger partial charge in [0.15, 0.2) is 0 Å². The van der Waals surface area contributed by atoms with Gasteiger partial charge in [-0.3, -0.25) is 0 Å². The van der Waals surface area contributed by atoms with Crippen LogP contribution in [0.3, 0.4) is 0 Å². The Morgan fingerprint density at radius 1 is 1.25 bits per heavy atom. The molecule has 4 N–H and O–H groups in total. The van der Waals surface area contributed by atoms with Crippen LogP contribution in [0.25, 0.3) is 0 Å². The third-order valence-corrected chi connectivity index (χ3v) is 2.40. The number of hydrogen-bond acceptors (Lipinski definition) is 4. The molecule has 1 rings (SSSR count). The average molecular weight is 188 g/mol. The molecule has 0 aliphatic rings. The second-order valence-corrected chi connectivity index (χ2v) is 3.69. The summed E-state index contributed by atoms with van der Waals surface area (Å²) in [5.74, 6) is 4.56. The first-order chi connectivity index (χ1) is 5.56. The van der Waals surface area contributed by atoms with Gasteiger partial charge in [0.1, 0.15) is 0 Å². The van der Waals surface area contributed by atoms with Crippen LogP contribution in [0.1, 0.15) is 0 Å². The van der Waals surface area contributed by atoms with Crippen LogP contribution in [-0.2, 0) is 23.5 Å². The molecule has 1 atom stereocenters. The van der Waals surface area contributed by atoms with Crippen LogP contribution in [0.4, 0.5) is 5.69 Å². The van der Waals surface area contributed by atoms with Gasteiger partial charge < -0.3 is 5.73 Å². The molecule has 0 saturated carbocycles. The summed E-state index contributed by atoms with van der Waals surface area (Å²) in [7, 11) is -3.79. The van der Waals surface area contributed by atoms with Crippen LogP contribution in [0.2, 0.25) is 0 Å². The molecule has 0 heterocycles. The number of anilines is 1. The van der Waals surface area contributed by atoms with Crippen molar-refractivity contribution in [1.29, 1.82) is 0 Å². The minimum absolute atomic E-state index is 0.0146. The lowest BCUT2D eigenvalue weighted by Crippen LogP contribution is -2.16. The molecule has 12 heavy (non-hydrogen) atoms. The van der Waals surface area contributed by atoms with Crippen LogP contribution in [0.15, 0.2) is 29.2 Å². The van der Waals surface area contributed by atoms with Crippen molar-refractivity contribution < 1.29 is 13.0 Å². The van der Waals surface area contributed by atoms with Crippen molar-refractivity contribution in [3.05, 3.63) is 24.3 Å². The minimum Gasteiger partial charge on any atom is -0.399 e. The van der Waals surface area contributed by atoms with Crippen molar-refractivity contribution in [2.24, 2.45) is 5.90 Å². The van der Waals surface area contributed by atoms with Gasteiger partial charge in [-0.15, -0.1) is 0 Å². The monoisotopic (exact) mass is 188 g/mol. The Hall–Kier alpha value is -0.950. The maximum Gasteiger partial charge on any atom is 0.447 e. The number of nitrogens with two attached hydrogens (primary N) is 2. The predicted molar refractivity (Wildman–Crippen MR) is 43.1 cm³/mol. The zero-order valence-corrected chi connectivity index (χ0v) is 6.91. The normalized spacial score (nSPS) is 15.5. The molecule has 1 radical (unpaired) electrons. The van der Waals surface area contributed by atoms with Gasteiger partial charge in [0.2, 0.25) is 4.90 Å². The Labute approximate surface area is 70.7 Å². The third kappa shape index (κ3) is 1.80. The molecule has 0 spiro atoms. The lowest BCUT2D eigenvalue weighted by molar-refractivity contribution is 0.261. The van der Waals surface area contributed by atoms with E-state index in [1.54, 1.807) is 0 Å². The van der Waals surface area contributed by atoms with E-state index >= 15 is 0 Å². The number of rotatable bonds is 2. The predicted octanol–water partition coefficient (Wildman–Crippen LogP) is 0.278. The summed E-state index contributed by atoms with van der Waals surface area (Å²) >= 11 is 0. The van der Waals surface area contributed by atoms with Gasteiger partial charge >= 0.3 is 10.5 Å². The van der Waals surface area contributed by atoms with Gasteiger partial charge in [-0.2, -0.15) is 5.90 Å². The zero-order valence-electron chi connectivity index (χ0n) is 6.10. The Morgan fingerprint density at radius 3 is 2.17 bits per heavy atom. The molecule has 1 unspecified atom stereocenters. The molecular weight excluding hydrogens is 180 g/mol. The molecular formula is C6H8N2O3S+. The van der Waals surface area contributed by atoms with E-state index in [0.29, 0.717) is 5.69 Å². The van der Waals surface area contributed by atoms with E-state index in [1.807, 2.05) is 0 Å². The quantitative estimate of drug-likeness (QED) is 0.395. The summed E-state index contributed by atoms with van der Waals surface area (Å²) < 4.78 is 25.6. The molecule has 0 aromatic heterocycles. The molecule has 1 aromatic rings. The number of benzene rings is 1. The van der Waals surface area contributed by atoms with Gasteiger partial charge in [-0.05, 0) is 20.6 Å². The Balaban J connectivity index is 3.05. The maximum absolute atomic E-state index is 10.9. The van der Waals surface area contributed by atoms with E-state index in [4.69, 9.17) is 5.73 Å². The van der Waals surface area contributed by atoms with E-state index in [9.17, 15) is 8.76 Å². The van der Waals surface area contributed by atoms with Crippen LogP contribution in [0.5, 0.6) is 0 Å². The van der Waals surface area contributed by atoms with E-state index in [2.05, 4.69) is 10.2 Å². The Bertz CT molecular complexity index is 311. The maximum atomic E-state index is 10.9. The second-order valence-electron chi connectivity index (χ2n) is 2.12. The molecule has 0 amide bonds. The van der Waals surface area contributed by atoms with Crippen molar-refractivity contribution in [2.75, 3.05) is 5.73 Å². The van der Waals surface area contributed by atoms with Crippen LogP contribution >= 0.6 is 0 Å². The molecule has 0 fully saturated rings. The number of nitrogen functional groups attached to an aromatic ring is 1. The zero-order chi connectivity index (χ0) is 9.19. The topological polar surface area (TPSA) is 98.2 Å². The SMILES string of the molecule is NO[S+]([O])(=O)c1ccc(N)cc1. The third-order valence-electron chi connectivity index (χ3n) is 1.30. The fraction of sp³-hybridized carbons (Fsp3) is 0. The summed E-state index contributed by atoms with van der Waals surface area (Å²) in [5, 5.41) is 0. The Kier molecular flexibility index (Phi) is 2.43. The average Bonchev–Trinajstić information content (AvgIpc) is 2.05. The van der Waals surface area contributed by atoms with Crippen molar-refractivity contribution in [1.82, 2.24) is 0 Å². The van der Waals surface area contributed by atoms with Crippen LogP contribution in [0, 0.1) is 0 Å². The minimum atomic E-state index is -3.79. The molecule has 1 aromatic carbocycles. The molecule has 5 nitrogen and oxygen atoms in total. The lowest BCUT2D eigenvalue weighted by atomic mass is 10.3. The first-order valence-electron chi connectivity index (χ1n) is 3.05. The lowest BCUT2D eigenvalue weighted by Gasteiger charge is -1.95. The van der Waals surface area contributed by atoms with Gasteiger partial charge in [0, 0.05) is 17.8 Å². The van der Waals surface area contributed by atoms with E-state index in [-0.39, 0.29) is 4.90 Å². The summed E-state index contributed by atoms with van der Waals surface area (Å²) in [4.78, 5) is -0.0146. The van der Waals surface area contributed by atoms with Gasteiger partial charge in [-0.25, -0.2) is 0 Å². The standard InChI is InChI=1S/C6H8N2O3S/c7-5-1-3-6(4-2-5)12(9,10)11-8/h1-4H,7-8H2/q+1. The van der Waals surface area contributed by atoms with Crippen LogP contribution in [-0.4, -0.2) is 0 Å². The summed E-state index contributed by atoms with van der Waals surface area (Å²) in [5.41, 5.74) is 5.82. The summed E-state index contributed by atoms with van der Waals surface area (Å²) in [6.45, 7) is 0. The van der Waals surface area contributed by atoms with Crippen molar-refractivity contribution in [3.8, 4) is 0 Å². The highest BCUT2D eigenvalue weighted by molar-refractivity contribution is 7.92. The first-order valence-corrected chi connectivity index (χ1v) is 4.46. The van der Waals surface area contributed by atoms with Gasteiger partial charge in [-0.1, -0.05) is 0 Å². The molecule has 65 valence electrons. The molecule has 0 bridgehead atoms. The molecule has 0 saturated heterocycles. The molecule has 6 heteroatoms. The summed E-state index contributed by atoms with van der Waals surface area (Å²) in [6, 6.07) is 5.53. The fourth-order valence-corrected chi connectivity index (χ4v) is 1.27. The largest absolute Gasteiger partial charge is 0.447 e. The van der Waals surface area contributed by atoms with E-state index in [1.165, 1.54) is 24.3 Å². The van der Waals surface area contributed by atoms with Gasteiger partial charge in [0.05, 0.1) is 4.55 Å².